The lowest BCUT2D eigenvalue weighted by Gasteiger charge is -2.35. The van der Waals surface area contributed by atoms with Crippen molar-refractivity contribution in [1.82, 2.24) is 4.31 Å². The van der Waals surface area contributed by atoms with E-state index in [2.05, 4.69) is 0 Å². The molecule has 1 aromatic rings. The number of piperidine rings is 1. The molecule has 0 atom stereocenters. The highest BCUT2D eigenvalue weighted by Crippen LogP contribution is 2.25. The van der Waals surface area contributed by atoms with E-state index < -0.39 is 16.0 Å². The first kappa shape index (κ1) is 16.2. The van der Waals surface area contributed by atoms with E-state index in [9.17, 15) is 12.8 Å². The smallest absolute Gasteiger partial charge is 0.304 e. The lowest BCUT2D eigenvalue weighted by Crippen LogP contribution is -2.48. The van der Waals surface area contributed by atoms with Gasteiger partial charge in [0.15, 0.2) is 0 Å². The molecule has 1 heterocycles. The first-order valence-electron chi connectivity index (χ1n) is 7.22. The molecule has 0 aromatic heterocycles. The van der Waals surface area contributed by atoms with Crippen LogP contribution >= 0.6 is 0 Å². The van der Waals surface area contributed by atoms with Gasteiger partial charge in [0.2, 0.25) is 0 Å². The molecule has 7 heteroatoms. The number of nitrogens with two attached hydrogens (primary N) is 1. The van der Waals surface area contributed by atoms with Crippen molar-refractivity contribution in [3.8, 4) is 0 Å². The van der Waals surface area contributed by atoms with Gasteiger partial charge in [-0.2, -0.15) is 12.7 Å². The first-order chi connectivity index (χ1) is 9.98. The Bertz CT molecular complexity index is 571. The third kappa shape index (κ3) is 3.53. The summed E-state index contributed by atoms with van der Waals surface area (Å²) in [6, 6.07) is 5.67. The highest BCUT2D eigenvalue weighted by atomic mass is 32.2. The summed E-state index contributed by atoms with van der Waals surface area (Å²) in [6.07, 6.45) is 1.55. The summed E-state index contributed by atoms with van der Waals surface area (Å²) in [4.78, 5) is 0. The molecule has 118 valence electrons. The quantitative estimate of drug-likeness (QED) is 0.897. The van der Waals surface area contributed by atoms with Gasteiger partial charge in [0.1, 0.15) is 5.82 Å². The zero-order valence-electron chi connectivity index (χ0n) is 12.2. The lowest BCUT2D eigenvalue weighted by atomic mass is 9.99. The predicted octanol–water partition coefficient (Wildman–Crippen LogP) is 1.57. The average molecular weight is 315 g/mol. The van der Waals surface area contributed by atoms with Crippen molar-refractivity contribution in [2.75, 3.05) is 30.5 Å². The zero-order valence-corrected chi connectivity index (χ0v) is 13.0. The van der Waals surface area contributed by atoms with Crippen molar-refractivity contribution < 1.29 is 12.8 Å². The van der Waals surface area contributed by atoms with Gasteiger partial charge in [0, 0.05) is 19.6 Å². The highest BCUT2D eigenvalue weighted by molar-refractivity contribution is 7.90. The minimum absolute atomic E-state index is 0.266. The van der Waals surface area contributed by atoms with Gasteiger partial charge >= 0.3 is 10.2 Å². The SMILES string of the molecule is CCN(c1cccc(F)c1)S(=O)(=O)N1CCC(CN)CC1. The first-order valence-corrected chi connectivity index (χ1v) is 8.62. The molecule has 1 aliphatic heterocycles. The fourth-order valence-electron chi connectivity index (χ4n) is 2.63. The molecule has 0 saturated carbocycles. The van der Waals surface area contributed by atoms with E-state index >= 15 is 0 Å². The molecule has 21 heavy (non-hydrogen) atoms. The maximum Gasteiger partial charge on any atom is 0.304 e. The van der Waals surface area contributed by atoms with Gasteiger partial charge in [-0.1, -0.05) is 6.07 Å². The van der Waals surface area contributed by atoms with Crippen LogP contribution in [0.5, 0.6) is 0 Å². The van der Waals surface area contributed by atoms with Gasteiger partial charge in [0.05, 0.1) is 5.69 Å². The summed E-state index contributed by atoms with van der Waals surface area (Å²) in [5.41, 5.74) is 5.99. The van der Waals surface area contributed by atoms with Crippen LogP contribution in [0.15, 0.2) is 24.3 Å². The van der Waals surface area contributed by atoms with Gasteiger partial charge in [-0.25, -0.2) is 4.39 Å². The van der Waals surface area contributed by atoms with E-state index in [1.807, 2.05) is 0 Å². The van der Waals surface area contributed by atoms with Crippen molar-refractivity contribution in [3.05, 3.63) is 30.1 Å². The third-order valence-electron chi connectivity index (χ3n) is 3.90. The minimum Gasteiger partial charge on any atom is -0.330 e. The summed E-state index contributed by atoms with van der Waals surface area (Å²) in [5, 5.41) is 0. The molecule has 0 radical (unpaired) electrons. The largest absolute Gasteiger partial charge is 0.330 e. The molecule has 1 saturated heterocycles. The number of rotatable bonds is 5. The molecule has 0 unspecified atom stereocenters. The van der Waals surface area contributed by atoms with Crippen molar-refractivity contribution >= 4 is 15.9 Å². The Hall–Kier alpha value is -1.18. The normalized spacial score (nSPS) is 17.9. The minimum atomic E-state index is -3.62. The fourth-order valence-corrected chi connectivity index (χ4v) is 4.28. The standard InChI is InChI=1S/C14H22FN3O2S/c1-2-18(14-5-3-4-13(15)10-14)21(19,20)17-8-6-12(11-16)7-9-17/h3-5,10,12H,2,6-9,11,16H2,1H3. The van der Waals surface area contributed by atoms with Crippen LogP contribution in [0.2, 0.25) is 0 Å². The number of anilines is 1. The van der Waals surface area contributed by atoms with E-state index in [-0.39, 0.29) is 6.54 Å². The second-order valence-electron chi connectivity index (χ2n) is 5.23. The van der Waals surface area contributed by atoms with E-state index in [1.165, 1.54) is 26.8 Å². The molecule has 5 nitrogen and oxygen atoms in total. The molecule has 1 aromatic carbocycles. The fraction of sp³-hybridized carbons (Fsp3) is 0.571. The summed E-state index contributed by atoms with van der Waals surface area (Å²) in [6.45, 7) is 3.54. The lowest BCUT2D eigenvalue weighted by molar-refractivity contribution is 0.278. The van der Waals surface area contributed by atoms with Crippen LogP contribution in [-0.4, -0.2) is 38.9 Å². The van der Waals surface area contributed by atoms with Crippen LogP contribution in [0.3, 0.4) is 0 Å². The average Bonchev–Trinajstić information content (AvgIpc) is 2.48. The molecule has 0 bridgehead atoms. The van der Waals surface area contributed by atoms with Crippen LogP contribution in [0.1, 0.15) is 19.8 Å². The predicted molar refractivity (Wildman–Crippen MR) is 81.7 cm³/mol. The number of hydrogen-bond donors (Lipinski definition) is 1. The third-order valence-corrected chi connectivity index (χ3v) is 5.94. The van der Waals surface area contributed by atoms with Gasteiger partial charge in [0.25, 0.3) is 0 Å². The second kappa shape index (κ2) is 6.72. The number of halogens is 1. The summed E-state index contributed by atoms with van der Waals surface area (Å²) in [7, 11) is -3.62. The summed E-state index contributed by atoms with van der Waals surface area (Å²) in [5.74, 6) is -0.0521. The van der Waals surface area contributed by atoms with Gasteiger partial charge < -0.3 is 5.73 Å². The monoisotopic (exact) mass is 315 g/mol. The number of hydrogen-bond acceptors (Lipinski definition) is 3. The van der Waals surface area contributed by atoms with E-state index in [0.29, 0.717) is 31.2 Å². The van der Waals surface area contributed by atoms with Crippen LogP contribution in [-0.2, 0) is 10.2 Å². The molecule has 1 aliphatic rings. The molecule has 0 amide bonds. The second-order valence-corrected chi connectivity index (χ2v) is 7.08. The maximum atomic E-state index is 13.3. The molecule has 0 aliphatic carbocycles. The van der Waals surface area contributed by atoms with E-state index in [0.717, 1.165) is 12.8 Å². The van der Waals surface area contributed by atoms with E-state index in [1.54, 1.807) is 13.0 Å². The molecular formula is C14H22FN3O2S. The maximum absolute atomic E-state index is 13.3. The molecule has 0 spiro atoms. The summed E-state index contributed by atoms with van der Waals surface area (Å²) < 4.78 is 41.5. The highest BCUT2D eigenvalue weighted by Gasteiger charge is 2.32. The number of benzene rings is 1. The Balaban J connectivity index is 2.20. The summed E-state index contributed by atoms with van der Waals surface area (Å²) >= 11 is 0. The Labute approximate surface area is 125 Å². The van der Waals surface area contributed by atoms with Crippen LogP contribution in [0, 0.1) is 11.7 Å². The Morgan fingerprint density at radius 2 is 2.05 bits per heavy atom. The topological polar surface area (TPSA) is 66.6 Å². The van der Waals surface area contributed by atoms with Crippen LogP contribution in [0.25, 0.3) is 0 Å². The number of nitrogens with zero attached hydrogens (tertiary/aromatic N) is 2. The van der Waals surface area contributed by atoms with Crippen molar-refractivity contribution in [3.63, 3.8) is 0 Å². The zero-order chi connectivity index (χ0) is 15.5. The van der Waals surface area contributed by atoms with Crippen LogP contribution in [0.4, 0.5) is 10.1 Å². The van der Waals surface area contributed by atoms with Crippen molar-refractivity contribution in [1.29, 1.82) is 0 Å². The Kier molecular flexibility index (Phi) is 5.18. The molecule has 1 fully saturated rings. The Morgan fingerprint density at radius 3 is 2.57 bits per heavy atom. The van der Waals surface area contributed by atoms with Crippen LogP contribution < -0.4 is 10.0 Å². The Morgan fingerprint density at radius 1 is 1.38 bits per heavy atom. The van der Waals surface area contributed by atoms with Gasteiger partial charge in [-0.15, -0.1) is 0 Å². The van der Waals surface area contributed by atoms with Crippen molar-refractivity contribution in [2.24, 2.45) is 11.7 Å². The molecule has 2 N–H and O–H groups in total. The van der Waals surface area contributed by atoms with Gasteiger partial charge in [-0.3, -0.25) is 4.31 Å². The van der Waals surface area contributed by atoms with Crippen molar-refractivity contribution in [2.45, 2.75) is 19.8 Å². The molecular weight excluding hydrogens is 293 g/mol. The van der Waals surface area contributed by atoms with Gasteiger partial charge in [-0.05, 0) is 50.4 Å². The van der Waals surface area contributed by atoms with E-state index in [4.69, 9.17) is 5.73 Å². The molecule has 2 rings (SSSR count).